The quantitative estimate of drug-likeness (QED) is 0.282. The number of ether oxygens (including phenoxy) is 1. The summed E-state index contributed by atoms with van der Waals surface area (Å²) < 4.78 is 9.42. The number of para-hydroxylation sites is 1. The summed E-state index contributed by atoms with van der Waals surface area (Å²) in [6.45, 7) is 4.70. The van der Waals surface area contributed by atoms with E-state index in [0.29, 0.717) is 28.8 Å². The van der Waals surface area contributed by atoms with Crippen LogP contribution in [0.2, 0.25) is 0 Å². The average molecular weight is 557 g/mol. The first-order valence-corrected chi connectivity index (χ1v) is 14.0. The number of amides is 1. The monoisotopic (exact) mass is 556 g/mol. The lowest BCUT2D eigenvalue weighted by Crippen LogP contribution is -2.42. The molecule has 4 N–H and O–H groups in total. The summed E-state index contributed by atoms with van der Waals surface area (Å²) in [6.07, 6.45) is 13.1. The molecular formula is C29H36N10O2. The van der Waals surface area contributed by atoms with Crippen molar-refractivity contribution in [2.45, 2.75) is 51.5 Å². The largest absolute Gasteiger partial charge is 0.494 e. The van der Waals surface area contributed by atoms with E-state index < -0.39 is 5.91 Å². The van der Waals surface area contributed by atoms with E-state index in [2.05, 4.69) is 49.2 Å². The van der Waals surface area contributed by atoms with Crippen LogP contribution in [-0.2, 0) is 12.6 Å². The second-order valence-electron chi connectivity index (χ2n) is 11.8. The fourth-order valence-corrected chi connectivity index (χ4v) is 6.90. The zero-order valence-corrected chi connectivity index (χ0v) is 23.8. The van der Waals surface area contributed by atoms with Crippen molar-refractivity contribution in [3.63, 3.8) is 0 Å². The third-order valence-electron chi connectivity index (χ3n) is 8.35. The Kier molecular flexibility index (Phi) is 6.84. The molecule has 6 rings (SSSR count). The van der Waals surface area contributed by atoms with E-state index in [1.807, 2.05) is 24.4 Å². The van der Waals surface area contributed by atoms with Gasteiger partial charge in [0.05, 0.1) is 35.8 Å². The van der Waals surface area contributed by atoms with Crippen LogP contribution in [0.15, 0.2) is 43.1 Å². The summed E-state index contributed by atoms with van der Waals surface area (Å²) in [6, 6.07) is 5.52. The van der Waals surface area contributed by atoms with Crippen LogP contribution in [0.5, 0.6) is 5.75 Å². The Hall–Kier alpha value is -4.48. The molecule has 1 aromatic carbocycles. The Morgan fingerprint density at radius 3 is 2.59 bits per heavy atom. The van der Waals surface area contributed by atoms with Gasteiger partial charge in [0.15, 0.2) is 11.6 Å². The molecule has 2 aliphatic carbocycles. The molecule has 3 aromatic heterocycles. The van der Waals surface area contributed by atoms with Gasteiger partial charge in [0.25, 0.3) is 5.91 Å². The van der Waals surface area contributed by atoms with Crippen molar-refractivity contribution in [1.82, 2.24) is 34.5 Å². The number of fused-ring (bicyclic) bond motifs is 2. The molecule has 2 aliphatic rings. The van der Waals surface area contributed by atoms with Crippen LogP contribution in [0, 0.1) is 17.8 Å². The number of aryl methyl sites for hydroxylation is 1. The average Bonchev–Trinajstić information content (AvgIpc) is 3.57. The molecule has 1 amide bonds. The predicted octanol–water partition coefficient (Wildman–Crippen LogP) is 4.62. The Morgan fingerprint density at radius 2 is 1.90 bits per heavy atom. The number of benzene rings is 1. The number of nitrogens with one attached hydrogen (secondary N) is 2. The maximum absolute atomic E-state index is 12.3. The third kappa shape index (κ3) is 5.33. The fourth-order valence-electron chi connectivity index (χ4n) is 6.90. The van der Waals surface area contributed by atoms with Crippen LogP contribution in [0.3, 0.4) is 0 Å². The summed E-state index contributed by atoms with van der Waals surface area (Å²) in [5, 5.41) is 15.6. The van der Waals surface area contributed by atoms with Gasteiger partial charge in [0.2, 0.25) is 5.95 Å². The Bertz CT molecular complexity index is 1560. The minimum Gasteiger partial charge on any atom is -0.494 e. The van der Waals surface area contributed by atoms with E-state index in [-0.39, 0.29) is 16.9 Å². The number of nitrogens with two attached hydrogens (primary N) is 1. The smallest absolute Gasteiger partial charge is 0.254 e. The molecule has 2 fully saturated rings. The minimum absolute atomic E-state index is 0.0128. The molecule has 3 heterocycles. The van der Waals surface area contributed by atoms with Crippen LogP contribution >= 0.6 is 0 Å². The molecule has 41 heavy (non-hydrogen) atoms. The summed E-state index contributed by atoms with van der Waals surface area (Å²) in [5.41, 5.74) is 7.83. The van der Waals surface area contributed by atoms with E-state index in [9.17, 15) is 4.79 Å². The van der Waals surface area contributed by atoms with Crippen LogP contribution in [0.4, 0.5) is 23.1 Å². The molecule has 2 bridgehead atoms. The number of rotatable bonds is 8. The summed E-state index contributed by atoms with van der Waals surface area (Å²) in [4.78, 5) is 25.5. The van der Waals surface area contributed by atoms with E-state index >= 15 is 0 Å². The van der Waals surface area contributed by atoms with E-state index in [1.54, 1.807) is 31.4 Å². The number of carbonyl (C=O) groups is 1. The van der Waals surface area contributed by atoms with Gasteiger partial charge < -0.3 is 21.1 Å². The number of primary amides is 1. The molecule has 12 heteroatoms. The molecule has 0 spiro atoms. The van der Waals surface area contributed by atoms with E-state index in [4.69, 9.17) is 15.6 Å². The highest BCUT2D eigenvalue weighted by Crippen LogP contribution is 2.49. The lowest BCUT2D eigenvalue weighted by Gasteiger charge is -2.47. The third-order valence-corrected chi connectivity index (χ3v) is 8.35. The maximum Gasteiger partial charge on any atom is 0.254 e. The first-order valence-electron chi connectivity index (χ1n) is 14.0. The van der Waals surface area contributed by atoms with Crippen molar-refractivity contribution in [2.24, 2.45) is 30.5 Å². The molecule has 0 radical (unpaired) electrons. The Morgan fingerprint density at radius 1 is 1.12 bits per heavy atom. The highest BCUT2D eigenvalue weighted by Gasteiger charge is 2.42. The Labute approximate surface area is 238 Å². The molecule has 0 saturated heterocycles. The summed E-state index contributed by atoms with van der Waals surface area (Å²) >= 11 is 0. The number of hydrogen-bond acceptors (Lipinski definition) is 9. The molecule has 0 aliphatic heterocycles. The summed E-state index contributed by atoms with van der Waals surface area (Å²) in [7, 11) is 3.36. The standard InChI is InChI=1S/C29H36N10O2/c1-17-8-18-10-19(9-17)12-29(2,11-18)39-15-20(13-33-39)34-28-31-14-22(25(30)40)27(36-28)35-23-7-5-6-21(24(23)41-4)26-32-16-38(3)37-26/h5-7,13-19H,8-12H2,1-4H3,(H2,30,40)(H2,31,34,35,36). The number of carbonyl (C=O) groups excluding carboxylic acids is 1. The van der Waals surface area contributed by atoms with E-state index in [1.165, 1.54) is 25.5 Å². The first-order chi connectivity index (χ1) is 19.7. The normalized spacial score (nSPS) is 23.7. The molecule has 12 nitrogen and oxygen atoms in total. The highest BCUT2D eigenvalue weighted by molar-refractivity contribution is 5.98. The molecule has 214 valence electrons. The molecule has 4 aromatic rings. The molecule has 2 atom stereocenters. The lowest BCUT2D eigenvalue weighted by atomic mass is 9.63. The lowest BCUT2D eigenvalue weighted by molar-refractivity contribution is 0.0459. The number of hydrogen-bond donors (Lipinski definition) is 3. The van der Waals surface area contributed by atoms with Crippen molar-refractivity contribution in [3.8, 4) is 17.1 Å². The zero-order chi connectivity index (χ0) is 28.7. The van der Waals surface area contributed by atoms with E-state index in [0.717, 1.165) is 36.3 Å². The Balaban J connectivity index is 1.25. The van der Waals surface area contributed by atoms with Gasteiger partial charge in [0.1, 0.15) is 17.7 Å². The van der Waals surface area contributed by atoms with Gasteiger partial charge in [-0.25, -0.2) is 9.97 Å². The van der Waals surface area contributed by atoms with Crippen molar-refractivity contribution < 1.29 is 9.53 Å². The SMILES string of the molecule is COc1c(Nc2nc(Nc3cnn(C4(C)CC5CC(C)CC(C5)C4)c3)ncc2C(N)=O)cccc1-c1ncn(C)n1. The first kappa shape index (κ1) is 26.7. The zero-order valence-electron chi connectivity index (χ0n) is 23.8. The van der Waals surface area contributed by atoms with Gasteiger partial charge in [-0.3, -0.25) is 14.2 Å². The number of methoxy groups -OCH3 is 1. The molecule has 2 unspecified atom stereocenters. The van der Waals surface area contributed by atoms with Crippen molar-refractivity contribution in [2.75, 3.05) is 17.7 Å². The van der Waals surface area contributed by atoms with Gasteiger partial charge in [0, 0.05) is 19.4 Å². The van der Waals surface area contributed by atoms with Gasteiger partial charge in [-0.15, -0.1) is 0 Å². The van der Waals surface area contributed by atoms with Gasteiger partial charge in [-0.1, -0.05) is 13.0 Å². The topological polar surface area (TPSA) is 151 Å². The summed E-state index contributed by atoms with van der Waals surface area (Å²) in [5.74, 6) is 3.23. The highest BCUT2D eigenvalue weighted by atomic mass is 16.5. The van der Waals surface area contributed by atoms with Crippen LogP contribution in [0.25, 0.3) is 11.4 Å². The second kappa shape index (κ2) is 10.5. The predicted molar refractivity (Wildman–Crippen MR) is 155 cm³/mol. The van der Waals surface area contributed by atoms with Crippen LogP contribution in [-0.4, -0.2) is 47.5 Å². The van der Waals surface area contributed by atoms with Crippen molar-refractivity contribution in [3.05, 3.63) is 48.7 Å². The van der Waals surface area contributed by atoms with Crippen LogP contribution in [0.1, 0.15) is 56.3 Å². The number of nitrogens with zero attached hydrogens (tertiary/aromatic N) is 7. The number of aromatic nitrogens is 7. The van der Waals surface area contributed by atoms with Gasteiger partial charge in [-0.05, 0) is 68.9 Å². The van der Waals surface area contributed by atoms with Crippen molar-refractivity contribution in [1.29, 1.82) is 0 Å². The molecular weight excluding hydrogens is 520 g/mol. The fraction of sp³-hybridized carbons (Fsp3) is 0.448. The number of anilines is 4. The van der Waals surface area contributed by atoms with Crippen molar-refractivity contribution >= 4 is 29.0 Å². The minimum atomic E-state index is -0.654. The van der Waals surface area contributed by atoms with Gasteiger partial charge in [-0.2, -0.15) is 15.2 Å². The van der Waals surface area contributed by atoms with Crippen LogP contribution < -0.4 is 21.1 Å². The second-order valence-corrected chi connectivity index (χ2v) is 11.8. The maximum atomic E-state index is 12.3. The van der Waals surface area contributed by atoms with Gasteiger partial charge >= 0.3 is 0 Å². The molecule has 2 saturated carbocycles.